The van der Waals surface area contributed by atoms with Crippen LogP contribution in [0.3, 0.4) is 0 Å². The second-order valence-electron chi connectivity index (χ2n) is 8.53. The van der Waals surface area contributed by atoms with Crippen LogP contribution in [0.15, 0.2) is 42.5 Å². The minimum Gasteiger partial charge on any atom is -0.497 e. The number of rotatable bonds is 8. The van der Waals surface area contributed by atoms with E-state index >= 15 is 0 Å². The maximum Gasteiger partial charge on any atom is 0.356 e. The summed E-state index contributed by atoms with van der Waals surface area (Å²) in [5.41, 5.74) is 2.45. The van der Waals surface area contributed by atoms with Crippen LogP contribution in [-0.4, -0.2) is 74.8 Å². The van der Waals surface area contributed by atoms with Gasteiger partial charge in [0.05, 0.1) is 33.1 Å². The van der Waals surface area contributed by atoms with Gasteiger partial charge in [-0.2, -0.15) is 0 Å². The molecule has 0 aliphatic carbocycles. The molecule has 1 unspecified atom stereocenters. The van der Waals surface area contributed by atoms with Crippen molar-refractivity contribution in [2.45, 2.75) is 19.9 Å². The molecule has 3 aromatic rings. The number of anilines is 2. The topological polar surface area (TPSA) is 96.1 Å². The lowest BCUT2D eigenvalue weighted by Crippen LogP contribution is -2.53. The van der Waals surface area contributed by atoms with Crippen molar-refractivity contribution in [3.8, 4) is 11.5 Å². The zero-order valence-corrected chi connectivity index (χ0v) is 20.6. The van der Waals surface area contributed by atoms with Gasteiger partial charge < -0.3 is 29.4 Å². The largest absolute Gasteiger partial charge is 0.497 e. The molecule has 1 fully saturated rings. The highest BCUT2D eigenvalue weighted by atomic mass is 16.5. The second kappa shape index (κ2) is 10.7. The molecule has 2 heterocycles. The van der Waals surface area contributed by atoms with Gasteiger partial charge in [-0.1, -0.05) is 6.07 Å². The van der Waals surface area contributed by atoms with Crippen LogP contribution in [0.4, 0.5) is 11.4 Å². The Balaban J connectivity index is 1.47. The number of carbonyl (C=O) groups is 2. The zero-order chi connectivity index (χ0) is 24.9. The number of methoxy groups -OCH3 is 2. The number of hydrogen-bond acceptors (Lipinski definition) is 7. The highest BCUT2D eigenvalue weighted by Crippen LogP contribution is 2.32. The van der Waals surface area contributed by atoms with Gasteiger partial charge >= 0.3 is 5.97 Å². The number of carbonyl (C=O) groups excluding carboxylic acids is 2. The van der Waals surface area contributed by atoms with Crippen molar-refractivity contribution in [3.05, 3.63) is 48.2 Å². The Bertz CT molecular complexity index is 1210. The number of aromatic amines is 1. The fourth-order valence-electron chi connectivity index (χ4n) is 4.52. The lowest BCUT2D eigenvalue weighted by molar-refractivity contribution is -0.117. The first kappa shape index (κ1) is 24.4. The van der Waals surface area contributed by atoms with Gasteiger partial charge in [0.25, 0.3) is 0 Å². The summed E-state index contributed by atoms with van der Waals surface area (Å²) in [6, 6.07) is 13.6. The van der Waals surface area contributed by atoms with Crippen molar-refractivity contribution in [1.82, 2.24) is 9.88 Å². The number of fused-ring (bicyclic) bond motifs is 1. The predicted octanol–water partition coefficient (Wildman–Crippen LogP) is 3.51. The van der Waals surface area contributed by atoms with Crippen molar-refractivity contribution < 1.29 is 23.8 Å². The highest BCUT2D eigenvalue weighted by Gasteiger charge is 2.27. The Kier molecular flexibility index (Phi) is 7.45. The van der Waals surface area contributed by atoms with E-state index in [0.29, 0.717) is 22.3 Å². The van der Waals surface area contributed by atoms with Gasteiger partial charge in [0.1, 0.15) is 17.2 Å². The van der Waals surface area contributed by atoms with Crippen molar-refractivity contribution in [1.29, 1.82) is 0 Å². The fraction of sp³-hybridized carbons (Fsp3) is 0.385. The van der Waals surface area contributed by atoms with Crippen molar-refractivity contribution >= 4 is 34.2 Å². The standard InChI is InChI=1S/C26H32N4O5/c1-5-35-26(32)25-24(21-14-20(34-4)9-10-22(21)27-25)28-23(31)16-29-11-12-30(17(2)15-29)18-7-6-8-19(13-18)33-3/h6-10,13-14,17,27H,5,11-12,15-16H2,1-4H3,(H,28,31). The van der Waals surface area contributed by atoms with Gasteiger partial charge in [-0.3, -0.25) is 9.69 Å². The third-order valence-electron chi connectivity index (χ3n) is 6.21. The molecule has 0 saturated carbocycles. The summed E-state index contributed by atoms with van der Waals surface area (Å²) in [6.07, 6.45) is 0. The molecule has 0 radical (unpaired) electrons. The Morgan fingerprint density at radius 2 is 1.86 bits per heavy atom. The number of hydrogen-bond donors (Lipinski definition) is 2. The van der Waals surface area contributed by atoms with E-state index in [9.17, 15) is 9.59 Å². The van der Waals surface area contributed by atoms with E-state index in [1.165, 1.54) is 0 Å². The average molecular weight is 481 g/mol. The Morgan fingerprint density at radius 3 is 2.57 bits per heavy atom. The fourth-order valence-corrected chi connectivity index (χ4v) is 4.52. The molecule has 35 heavy (non-hydrogen) atoms. The number of benzene rings is 2. The molecule has 186 valence electrons. The third kappa shape index (κ3) is 5.35. The van der Waals surface area contributed by atoms with Crippen LogP contribution in [0.5, 0.6) is 11.5 Å². The van der Waals surface area contributed by atoms with Crippen LogP contribution in [-0.2, 0) is 9.53 Å². The third-order valence-corrected chi connectivity index (χ3v) is 6.21. The first-order chi connectivity index (χ1) is 16.9. The molecule has 4 rings (SSSR count). The van der Waals surface area contributed by atoms with Crippen LogP contribution >= 0.6 is 0 Å². The van der Waals surface area contributed by atoms with Gasteiger partial charge in [-0.05, 0) is 44.2 Å². The van der Waals surface area contributed by atoms with Crippen LogP contribution in [0, 0.1) is 0 Å². The number of nitrogens with one attached hydrogen (secondary N) is 2. The van der Waals surface area contributed by atoms with E-state index < -0.39 is 5.97 Å². The summed E-state index contributed by atoms with van der Waals surface area (Å²) in [6.45, 7) is 6.61. The number of esters is 1. The number of ether oxygens (including phenoxy) is 3. The normalized spacial score (nSPS) is 16.2. The molecule has 1 saturated heterocycles. The van der Waals surface area contributed by atoms with E-state index in [0.717, 1.165) is 31.1 Å². The quantitative estimate of drug-likeness (QED) is 0.476. The highest BCUT2D eigenvalue weighted by molar-refractivity contribution is 6.11. The maximum absolute atomic E-state index is 13.1. The maximum atomic E-state index is 13.1. The molecule has 2 N–H and O–H groups in total. The molecular formula is C26H32N4O5. The monoisotopic (exact) mass is 480 g/mol. The first-order valence-corrected chi connectivity index (χ1v) is 11.7. The molecule has 1 atom stereocenters. The van der Waals surface area contributed by atoms with Crippen LogP contribution in [0.2, 0.25) is 0 Å². The smallest absolute Gasteiger partial charge is 0.356 e. The van der Waals surface area contributed by atoms with Gasteiger partial charge in [-0.15, -0.1) is 0 Å². The van der Waals surface area contributed by atoms with Crippen molar-refractivity contribution in [2.24, 2.45) is 0 Å². The second-order valence-corrected chi connectivity index (χ2v) is 8.53. The number of aromatic nitrogens is 1. The Hall–Kier alpha value is -3.72. The lowest BCUT2D eigenvalue weighted by atomic mass is 10.1. The minimum absolute atomic E-state index is 0.193. The molecule has 0 spiro atoms. The molecule has 0 bridgehead atoms. The molecule has 9 nitrogen and oxygen atoms in total. The molecule has 1 amide bonds. The van der Waals surface area contributed by atoms with E-state index in [1.54, 1.807) is 33.3 Å². The van der Waals surface area contributed by atoms with E-state index in [-0.39, 0.29) is 30.8 Å². The molecule has 1 aromatic heterocycles. The number of amides is 1. The van der Waals surface area contributed by atoms with Crippen LogP contribution in [0.1, 0.15) is 24.3 Å². The summed E-state index contributed by atoms with van der Waals surface area (Å²) < 4.78 is 15.9. The average Bonchev–Trinajstić information content (AvgIpc) is 3.21. The summed E-state index contributed by atoms with van der Waals surface area (Å²) in [5, 5.41) is 3.64. The SMILES string of the molecule is CCOC(=O)c1[nH]c2ccc(OC)cc2c1NC(=O)CN1CCN(c2cccc(OC)c2)C(C)C1. The van der Waals surface area contributed by atoms with Gasteiger partial charge in [0.2, 0.25) is 5.91 Å². The van der Waals surface area contributed by atoms with Gasteiger partial charge in [0, 0.05) is 48.3 Å². The molecular weight excluding hydrogens is 448 g/mol. The molecule has 2 aromatic carbocycles. The van der Waals surface area contributed by atoms with E-state index in [1.807, 2.05) is 24.3 Å². The predicted molar refractivity (Wildman–Crippen MR) is 136 cm³/mol. The van der Waals surface area contributed by atoms with Gasteiger partial charge in [0.15, 0.2) is 0 Å². The zero-order valence-electron chi connectivity index (χ0n) is 20.6. The molecule has 1 aliphatic heterocycles. The van der Waals surface area contributed by atoms with Crippen LogP contribution in [0.25, 0.3) is 10.9 Å². The van der Waals surface area contributed by atoms with Crippen LogP contribution < -0.4 is 19.7 Å². The summed E-state index contributed by atoms with van der Waals surface area (Å²) >= 11 is 0. The minimum atomic E-state index is -0.515. The van der Waals surface area contributed by atoms with Gasteiger partial charge in [-0.25, -0.2) is 4.79 Å². The Morgan fingerprint density at radius 1 is 1.09 bits per heavy atom. The number of H-pyrrole nitrogens is 1. The number of piperazine rings is 1. The van der Waals surface area contributed by atoms with Crippen molar-refractivity contribution in [2.75, 3.05) is 57.2 Å². The Labute approximate surface area is 204 Å². The van der Waals surface area contributed by atoms with Crippen molar-refractivity contribution in [3.63, 3.8) is 0 Å². The summed E-state index contributed by atoms with van der Waals surface area (Å²) in [4.78, 5) is 33.1. The number of nitrogens with zero attached hydrogens (tertiary/aromatic N) is 2. The van der Waals surface area contributed by atoms with E-state index in [4.69, 9.17) is 14.2 Å². The van der Waals surface area contributed by atoms with E-state index in [2.05, 4.69) is 33.1 Å². The molecule has 9 heteroatoms. The summed E-state index contributed by atoms with van der Waals surface area (Å²) in [7, 11) is 3.24. The summed E-state index contributed by atoms with van der Waals surface area (Å²) in [5.74, 6) is 0.744. The lowest BCUT2D eigenvalue weighted by Gasteiger charge is -2.41. The first-order valence-electron chi connectivity index (χ1n) is 11.7. The molecule has 1 aliphatic rings.